The number of rotatable bonds is 8. The maximum atomic E-state index is 12.5. The lowest BCUT2D eigenvalue weighted by atomic mass is 10.0. The number of benzene rings is 1. The molecule has 0 aromatic heterocycles. The summed E-state index contributed by atoms with van der Waals surface area (Å²) in [5.74, 6) is -0.519. The van der Waals surface area contributed by atoms with Crippen molar-refractivity contribution in [3.8, 4) is 0 Å². The first-order chi connectivity index (χ1) is 12.7. The van der Waals surface area contributed by atoms with E-state index in [0.717, 1.165) is 0 Å². The molecule has 9 heteroatoms. The molecule has 0 aliphatic rings. The molecule has 4 N–H and O–H groups in total. The third-order valence-electron chi connectivity index (χ3n) is 3.53. The average molecular weight is 415 g/mol. The Hall–Kier alpha value is -1.90. The van der Waals surface area contributed by atoms with Gasteiger partial charge in [-0.15, -0.1) is 0 Å². The molecular formula is C18H27ClN4O3S. The Bertz CT molecular complexity index is 640. The van der Waals surface area contributed by atoms with E-state index in [2.05, 4.69) is 21.5 Å². The average Bonchev–Trinajstić information content (AvgIpc) is 2.59. The fourth-order valence-electron chi connectivity index (χ4n) is 2.30. The van der Waals surface area contributed by atoms with Gasteiger partial charge in [-0.1, -0.05) is 25.4 Å². The van der Waals surface area contributed by atoms with Crippen LogP contribution in [0.25, 0.3) is 0 Å². The first kappa shape index (κ1) is 23.1. The van der Waals surface area contributed by atoms with E-state index in [1.165, 1.54) is 0 Å². The molecule has 0 aliphatic heterocycles. The van der Waals surface area contributed by atoms with E-state index in [0.29, 0.717) is 23.6 Å². The van der Waals surface area contributed by atoms with E-state index < -0.39 is 6.04 Å². The van der Waals surface area contributed by atoms with Crippen LogP contribution in [0.1, 0.15) is 37.6 Å². The van der Waals surface area contributed by atoms with Crippen molar-refractivity contribution in [2.24, 2.45) is 5.92 Å². The molecule has 0 spiro atoms. The summed E-state index contributed by atoms with van der Waals surface area (Å²) in [5, 5.41) is 6.52. The number of hydrazine groups is 1. The first-order valence-electron chi connectivity index (χ1n) is 8.64. The van der Waals surface area contributed by atoms with Gasteiger partial charge in [-0.05, 0) is 55.7 Å². The maximum absolute atomic E-state index is 12.5. The summed E-state index contributed by atoms with van der Waals surface area (Å²) in [4.78, 5) is 24.9. The molecule has 0 unspecified atom stereocenters. The fourth-order valence-corrected chi connectivity index (χ4v) is 2.68. The molecule has 27 heavy (non-hydrogen) atoms. The molecule has 150 valence electrons. The van der Waals surface area contributed by atoms with Crippen LogP contribution in [-0.2, 0) is 9.53 Å². The molecule has 7 nitrogen and oxygen atoms in total. The van der Waals surface area contributed by atoms with E-state index in [9.17, 15) is 9.59 Å². The molecule has 0 fully saturated rings. The minimum absolute atomic E-state index is 0.0111. The van der Waals surface area contributed by atoms with Crippen molar-refractivity contribution in [3.05, 3.63) is 34.9 Å². The molecule has 0 aliphatic carbocycles. The number of nitrogens with one attached hydrogen (secondary N) is 4. The fraction of sp³-hybridized carbons (Fsp3) is 0.500. The summed E-state index contributed by atoms with van der Waals surface area (Å²) in [6.45, 7) is 6.32. The lowest BCUT2D eigenvalue weighted by molar-refractivity contribution is -0.123. The number of halogens is 1. The zero-order valence-electron chi connectivity index (χ0n) is 16.0. The van der Waals surface area contributed by atoms with Gasteiger partial charge in [0.15, 0.2) is 5.11 Å². The highest BCUT2D eigenvalue weighted by atomic mass is 35.5. The second kappa shape index (κ2) is 11.7. The Labute approximate surface area is 170 Å². The molecule has 0 saturated heterocycles. The number of carbonyl (C=O) groups excluding carboxylic acids is 2. The van der Waals surface area contributed by atoms with Crippen LogP contribution >= 0.6 is 23.8 Å². The van der Waals surface area contributed by atoms with Gasteiger partial charge in [0.1, 0.15) is 6.04 Å². The second-order valence-electron chi connectivity index (χ2n) is 6.61. The topological polar surface area (TPSA) is 91.5 Å². The minimum Gasteiger partial charge on any atom is -0.383 e. The van der Waals surface area contributed by atoms with Crippen molar-refractivity contribution in [2.75, 3.05) is 13.7 Å². The monoisotopic (exact) mass is 414 g/mol. The van der Waals surface area contributed by atoms with E-state index in [1.54, 1.807) is 31.4 Å². The normalized spacial score (nSPS) is 12.8. The minimum atomic E-state index is -0.708. The van der Waals surface area contributed by atoms with Crippen LogP contribution in [0.2, 0.25) is 5.02 Å². The van der Waals surface area contributed by atoms with E-state index in [4.69, 9.17) is 28.6 Å². The number of hydrogen-bond donors (Lipinski definition) is 4. The molecular weight excluding hydrogens is 388 g/mol. The second-order valence-corrected chi connectivity index (χ2v) is 7.45. The van der Waals surface area contributed by atoms with E-state index in [-0.39, 0.29) is 28.9 Å². The zero-order valence-corrected chi connectivity index (χ0v) is 17.5. The number of ether oxygens (including phenoxy) is 1. The third-order valence-corrected chi connectivity index (χ3v) is 4.00. The zero-order chi connectivity index (χ0) is 20.4. The van der Waals surface area contributed by atoms with Crippen LogP contribution in [0.3, 0.4) is 0 Å². The quantitative estimate of drug-likeness (QED) is 0.384. The van der Waals surface area contributed by atoms with Crippen molar-refractivity contribution in [1.82, 2.24) is 21.5 Å². The summed E-state index contributed by atoms with van der Waals surface area (Å²) in [7, 11) is 1.59. The lowest BCUT2D eigenvalue weighted by Crippen LogP contribution is -2.55. The van der Waals surface area contributed by atoms with Gasteiger partial charge in [-0.3, -0.25) is 20.4 Å². The standard InChI is InChI=1S/C18H27ClN4O3S/c1-11(2)9-15(21-16(24)13-5-7-14(19)8-6-13)17(25)22-23-18(27)20-12(3)10-26-4/h5-8,11-12,15H,9-10H2,1-4H3,(H,21,24)(H,22,25)(H2,20,23,27)/t12-,15-/m1/s1. The van der Waals surface area contributed by atoms with Gasteiger partial charge in [-0.2, -0.15) is 0 Å². The molecule has 2 atom stereocenters. The highest BCUT2D eigenvalue weighted by Crippen LogP contribution is 2.11. The van der Waals surface area contributed by atoms with Gasteiger partial charge < -0.3 is 15.4 Å². The van der Waals surface area contributed by atoms with Gasteiger partial charge in [0.05, 0.1) is 6.61 Å². The Morgan fingerprint density at radius 1 is 1.11 bits per heavy atom. The van der Waals surface area contributed by atoms with Crippen LogP contribution in [-0.4, -0.2) is 42.7 Å². The van der Waals surface area contributed by atoms with E-state index >= 15 is 0 Å². The highest BCUT2D eigenvalue weighted by molar-refractivity contribution is 7.80. The summed E-state index contributed by atoms with van der Waals surface area (Å²) in [6, 6.07) is 5.75. The number of carbonyl (C=O) groups is 2. The van der Waals surface area contributed by atoms with Crippen LogP contribution in [0.5, 0.6) is 0 Å². The predicted molar refractivity (Wildman–Crippen MR) is 111 cm³/mol. The number of methoxy groups -OCH3 is 1. The number of hydrogen-bond acceptors (Lipinski definition) is 4. The number of amides is 2. The summed E-state index contributed by atoms with van der Waals surface area (Å²) in [5.41, 5.74) is 5.60. The first-order valence-corrected chi connectivity index (χ1v) is 9.43. The van der Waals surface area contributed by atoms with Crippen LogP contribution in [0.4, 0.5) is 0 Å². The predicted octanol–water partition coefficient (Wildman–Crippen LogP) is 2.01. The smallest absolute Gasteiger partial charge is 0.260 e. The van der Waals surface area contributed by atoms with Gasteiger partial charge in [0.2, 0.25) is 0 Å². The maximum Gasteiger partial charge on any atom is 0.260 e. The largest absolute Gasteiger partial charge is 0.383 e. The Morgan fingerprint density at radius 3 is 2.30 bits per heavy atom. The molecule has 1 aromatic rings. The van der Waals surface area contributed by atoms with Crippen molar-refractivity contribution < 1.29 is 14.3 Å². The van der Waals surface area contributed by atoms with Gasteiger partial charge >= 0.3 is 0 Å². The molecule has 0 heterocycles. The molecule has 1 rings (SSSR count). The van der Waals surface area contributed by atoms with Gasteiger partial charge in [0, 0.05) is 23.7 Å². The van der Waals surface area contributed by atoms with Crippen LogP contribution < -0.4 is 21.5 Å². The van der Waals surface area contributed by atoms with Crippen LogP contribution in [0.15, 0.2) is 24.3 Å². The summed E-state index contributed by atoms with van der Waals surface area (Å²) >= 11 is 11.0. The van der Waals surface area contributed by atoms with Crippen molar-refractivity contribution in [3.63, 3.8) is 0 Å². The number of thiocarbonyl (C=S) groups is 1. The van der Waals surface area contributed by atoms with Crippen molar-refractivity contribution >= 4 is 40.7 Å². The summed E-state index contributed by atoms with van der Waals surface area (Å²) in [6.07, 6.45) is 0.479. The third kappa shape index (κ3) is 9.03. The molecule has 1 aromatic carbocycles. The SMILES string of the molecule is COC[C@@H](C)NC(=S)NNC(=O)[C@@H](CC(C)C)NC(=O)c1ccc(Cl)cc1. The highest BCUT2D eigenvalue weighted by Gasteiger charge is 2.22. The van der Waals surface area contributed by atoms with E-state index in [1.807, 2.05) is 20.8 Å². The van der Waals surface area contributed by atoms with Crippen LogP contribution in [0, 0.1) is 5.92 Å². The van der Waals surface area contributed by atoms with Gasteiger partial charge in [0.25, 0.3) is 11.8 Å². The lowest BCUT2D eigenvalue weighted by Gasteiger charge is -2.22. The Kier molecular flexibility index (Phi) is 10.1. The summed E-state index contributed by atoms with van der Waals surface area (Å²) < 4.78 is 5.01. The molecule has 0 saturated carbocycles. The van der Waals surface area contributed by atoms with Crippen molar-refractivity contribution in [1.29, 1.82) is 0 Å². The molecule has 0 bridgehead atoms. The molecule has 2 amide bonds. The Balaban J connectivity index is 2.64. The Morgan fingerprint density at radius 2 is 1.74 bits per heavy atom. The van der Waals surface area contributed by atoms with Crippen molar-refractivity contribution in [2.45, 2.75) is 39.3 Å². The van der Waals surface area contributed by atoms with Gasteiger partial charge in [-0.25, -0.2) is 0 Å². The molecule has 0 radical (unpaired) electrons.